The van der Waals surface area contributed by atoms with E-state index in [1.54, 1.807) is 0 Å². The minimum absolute atomic E-state index is 0.00310. The predicted molar refractivity (Wildman–Crippen MR) is 349 cm³/mol. The number of Topliss-reactive ketones (excluding diaryl/α,β-unsaturated/α-hetero) is 5. The van der Waals surface area contributed by atoms with Crippen molar-refractivity contribution in [1.29, 1.82) is 0 Å². The molecular formula is C62H112NO35P3. The first-order chi connectivity index (χ1) is 47.6. The molecule has 0 aliphatic carbocycles. The summed E-state index contributed by atoms with van der Waals surface area (Å²) in [6, 6.07) is 0. The summed E-state index contributed by atoms with van der Waals surface area (Å²) in [6.07, 6.45) is -11.9. The lowest BCUT2D eigenvalue weighted by molar-refractivity contribution is -0.300. The molecule has 1 amide bonds. The first-order valence-electron chi connectivity index (χ1n) is 34.6. The number of hydrogen-bond donors (Lipinski definition) is 16. The van der Waals surface area contributed by atoms with Crippen LogP contribution in [0.25, 0.3) is 0 Å². The molecule has 16 N–H and O–H groups in total. The summed E-state index contributed by atoms with van der Waals surface area (Å²) in [5.41, 5.74) is -0.547. The Balaban J connectivity index is 1.33. The van der Waals surface area contributed by atoms with Crippen LogP contribution in [0.5, 0.6) is 0 Å². The number of aliphatic hydroxyl groups is 9. The number of carbonyl (C=O) groups excluding carboxylic acids is 6. The molecule has 0 saturated carbocycles. The third-order valence-corrected chi connectivity index (χ3v) is 18.5. The molecule has 0 radical (unpaired) electrons. The fourth-order valence-corrected chi connectivity index (χ4v) is 12.0. The van der Waals surface area contributed by atoms with Crippen molar-refractivity contribution in [2.75, 3.05) is 72.6 Å². The summed E-state index contributed by atoms with van der Waals surface area (Å²) < 4.78 is 90.7. The van der Waals surface area contributed by atoms with Gasteiger partial charge in [0, 0.05) is 102 Å². The van der Waals surface area contributed by atoms with Gasteiger partial charge in [0.15, 0.2) is 18.9 Å². The zero-order valence-corrected chi connectivity index (χ0v) is 60.1. The van der Waals surface area contributed by atoms with E-state index in [2.05, 4.69) is 18.9 Å². The summed E-state index contributed by atoms with van der Waals surface area (Å²) >= 11 is 0. The SMILES string of the molecule is CC(CCCCC(=O)NCCCCC(=O)CCCCOC1OC(COP(=O)(O)O)C(O)C(O)C1O)(COCCC(=O)CCCCCC(=O)CCCCOC1OC(COP(=O)(O)O)C(O)C(O)C1O)COCCC(=O)CCCCCC(=O)CCCCOC1OC(COP(=O)(O)O)C(O)C(O)C1O. The van der Waals surface area contributed by atoms with Crippen molar-refractivity contribution in [2.45, 2.75) is 279 Å². The van der Waals surface area contributed by atoms with Crippen molar-refractivity contribution in [1.82, 2.24) is 5.32 Å². The van der Waals surface area contributed by atoms with Gasteiger partial charge in [0.25, 0.3) is 0 Å². The number of phosphoric acid groups is 3. The number of aliphatic hydroxyl groups excluding tert-OH is 9. The lowest BCUT2D eigenvalue weighted by Gasteiger charge is -2.40. The highest BCUT2D eigenvalue weighted by molar-refractivity contribution is 7.46. The maximum absolute atomic E-state index is 12.8. The van der Waals surface area contributed by atoms with Crippen LogP contribution < -0.4 is 5.32 Å². The second-order valence-corrected chi connectivity index (χ2v) is 29.8. The van der Waals surface area contributed by atoms with Crippen LogP contribution in [0.3, 0.4) is 0 Å². The zero-order chi connectivity index (χ0) is 75.2. The fourth-order valence-electron chi connectivity index (χ4n) is 11.0. The van der Waals surface area contributed by atoms with Gasteiger partial charge in [-0.3, -0.25) is 42.3 Å². The minimum atomic E-state index is -4.90. The molecule has 15 unspecified atom stereocenters. The number of ether oxygens (including phenoxy) is 8. The van der Waals surface area contributed by atoms with Crippen LogP contribution in [0.2, 0.25) is 0 Å². The molecule has 101 heavy (non-hydrogen) atoms. The third-order valence-electron chi connectivity index (χ3n) is 17.0. The van der Waals surface area contributed by atoms with Gasteiger partial charge in [0.2, 0.25) is 5.91 Å². The Morgan fingerprint density at radius 2 is 0.624 bits per heavy atom. The van der Waals surface area contributed by atoms with Crippen LogP contribution >= 0.6 is 23.5 Å². The molecule has 3 heterocycles. The van der Waals surface area contributed by atoms with E-state index < -0.39 is 141 Å². The van der Waals surface area contributed by atoms with Gasteiger partial charge in [-0.25, -0.2) is 13.7 Å². The third kappa shape index (κ3) is 40.9. The van der Waals surface area contributed by atoms with Gasteiger partial charge in [-0.1, -0.05) is 26.2 Å². The highest BCUT2D eigenvalue weighted by Crippen LogP contribution is 2.39. The number of phosphoric ester groups is 3. The standard InChI is InChI=1S/C62H112NO35P3/c1-62(29-13-8-26-49(69)63-30-14-9-22-43(66)25-12-17-33-92-61-58(78)55(75)52(72)48(98-61)38-95-101(85,86)87,39-88-34-27-44(67)20-6-2-4-18-41(64)23-10-15-31-90-59-56(76)53(73)50(70)46(96-59)36-93-99(79,80)81)40-89-35-28-45(68)21-7-3-5-19-42(65)24-11-16-32-91-60-57(77)54(74)51(71)47(97-60)37-94-100(82,83)84/h46-48,50-61,70-78H,2-40H2,1H3,(H,63,69)(H2,79,80,81)(H2,82,83,84)(H2,85,86,87). The summed E-state index contributed by atoms with van der Waals surface area (Å²) in [5, 5.41) is 94.2. The Kier molecular flexibility index (Phi) is 45.4. The van der Waals surface area contributed by atoms with Gasteiger partial charge in [-0.2, -0.15) is 0 Å². The summed E-state index contributed by atoms with van der Waals surface area (Å²) in [5.74, 6) is -0.148. The van der Waals surface area contributed by atoms with Crippen molar-refractivity contribution in [2.24, 2.45) is 5.41 Å². The largest absolute Gasteiger partial charge is 0.469 e. The van der Waals surface area contributed by atoms with Crippen LogP contribution in [0.1, 0.15) is 187 Å². The average Bonchev–Trinajstić information content (AvgIpc) is 0.830. The minimum Gasteiger partial charge on any atom is -0.387 e. The Morgan fingerprint density at radius 1 is 0.347 bits per heavy atom. The molecule has 15 atom stereocenters. The van der Waals surface area contributed by atoms with Gasteiger partial charge in [0.1, 0.15) is 102 Å². The molecule has 0 aromatic heterocycles. The number of nitrogens with one attached hydrogen (secondary N) is 1. The Morgan fingerprint density at radius 3 is 0.931 bits per heavy atom. The van der Waals surface area contributed by atoms with Crippen LogP contribution in [0.4, 0.5) is 0 Å². The topological polar surface area (TPSA) is 571 Å². The van der Waals surface area contributed by atoms with Gasteiger partial charge >= 0.3 is 23.5 Å². The zero-order valence-electron chi connectivity index (χ0n) is 57.5. The predicted octanol–water partition coefficient (Wildman–Crippen LogP) is 0.711. The van der Waals surface area contributed by atoms with E-state index in [9.17, 15) is 88.4 Å². The molecule has 3 fully saturated rings. The maximum Gasteiger partial charge on any atom is 0.469 e. The smallest absolute Gasteiger partial charge is 0.387 e. The highest BCUT2D eigenvalue weighted by Gasteiger charge is 2.48. The van der Waals surface area contributed by atoms with Crippen LogP contribution in [0.15, 0.2) is 0 Å². The quantitative estimate of drug-likeness (QED) is 0.0294. The fraction of sp³-hybridized carbons (Fsp3) is 0.903. The lowest BCUT2D eigenvalue weighted by Crippen LogP contribution is -2.59. The van der Waals surface area contributed by atoms with Crippen molar-refractivity contribution in [3.8, 4) is 0 Å². The van der Waals surface area contributed by atoms with Crippen molar-refractivity contribution >= 4 is 58.3 Å². The Hall–Kier alpha value is -2.53. The van der Waals surface area contributed by atoms with E-state index in [1.807, 2.05) is 6.92 Å². The Labute approximate surface area is 587 Å². The van der Waals surface area contributed by atoms with Gasteiger partial charge < -0.3 is 119 Å². The molecule has 590 valence electrons. The number of amides is 1. The molecule has 3 aliphatic heterocycles. The molecule has 0 aromatic rings. The summed E-state index contributed by atoms with van der Waals surface area (Å²) in [6.45, 7) is 0.814. The molecule has 0 spiro atoms. The van der Waals surface area contributed by atoms with E-state index in [0.717, 1.165) is 0 Å². The Bertz CT molecular complexity index is 2280. The van der Waals surface area contributed by atoms with Crippen LogP contribution in [-0.2, 0) is 93.9 Å². The van der Waals surface area contributed by atoms with E-state index >= 15 is 0 Å². The summed E-state index contributed by atoms with van der Waals surface area (Å²) in [4.78, 5) is 130. The molecule has 3 saturated heterocycles. The monoisotopic (exact) mass is 1520 g/mol. The molecule has 0 aromatic carbocycles. The molecular weight excluding hydrogens is 1410 g/mol. The average molecular weight is 1520 g/mol. The second kappa shape index (κ2) is 49.4. The first-order valence-corrected chi connectivity index (χ1v) is 39.2. The number of rotatable bonds is 59. The van der Waals surface area contributed by atoms with E-state index in [-0.39, 0.29) is 126 Å². The van der Waals surface area contributed by atoms with E-state index in [0.29, 0.717) is 141 Å². The maximum atomic E-state index is 12.8. The molecule has 36 nitrogen and oxygen atoms in total. The molecule has 39 heteroatoms. The molecule has 3 aliphatic rings. The normalized spacial score (nSPS) is 26.5. The number of hydrogen-bond acceptors (Lipinski definition) is 29. The van der Waals surface area contributed by atoms with Gasteiger partial charge in [0.05, 0.1) is 46.2 Å². The van der Waals surface area contributed by atoms with E-state index in [4.69, 9.17) is 67.3 Å². The van der Waals surface area contributed by atoms with E-state index in [1.165, 1.54) is 0 Å². The van der Waals surface area contributed by atoms with Crippen molar-refractivity contribution < 1.29 is 169 Å². The molecule has 0 bridgehead atoms. The molecule has 3 rings (SSSR count). The first kappa shape index (κ1) is 92.7. The highest BCUT2D eigenvalue weighted by atomic mass is 31.2. The van der Waals surface area contributed by atoms with Crippen LogP contribution in [0, 0.1) is 5.41 Å². The number of carbonyl (C=O) groups is 6. The van der Waals surface area contributed by atoms with Gasteiger partial charge in [-0.05, 0) is 89.9 Å². The van der Waals surface area contributed by atoms with Crippen molar-refractivity contribution in [3.63, 3.8) is 0 Å². The van der Waals surface area contributed by atoms with Crippen molar-refractivity contribution in [3.05, 3.63) is 0 Å². The van der Waals surface area contributed by atoms with Crippen LogP contribution in [-0.4, -0.2) is 275 Å². The lowest BCUT2D eigenvalue weighted by atomic mass is 9.86. The summed E-state index contributed by atoms with van der Waals surface area (Å²) in [7, 11) is -14.7. The number of unbranched alkanes of at least 4 members (excludes halogenated alkanes) is 9. The van der Waals surface area contributed by atoms with Gasteiger partial charge in [-0.15, -0.1) is 0 Å². The number of ketones is 5. The second-order valence-electron chi connectivity index (χ2n) is 26.1.